The molecule has 0 bridgehead atoms. The second-order valence-electron chi connectivity index (χ2n) is 7.47. The Kier molecular flexibility index (Phi) is 5.11. The molecule has 1 fully saturated rings. The van der Waals surface area contributed by atoms with Gasteiger partial charge in [-0.05, 0) is 54.8 Å². The predicted octanol–water partition coefficient (Wildman–Crippen LogP) is 4.70. The van der Waals surface area contributed by atoms with Crippen LogP contribution in [0.25, 0.3) is 28.2 Å². The maximum absolute atomic E-state index is 6.20. The first-order valence-corrected chi connectivity index (χ1v) is 10.6. The summed E-state index contributed by atoms with van der Waals surface area (Å²) < 4.78 is 7.58. The Labute approximate surface area is 179 Å². The molecule has 1 aliphatic rings. The van der Waals surface area contributed by atoms with Gasteiger partial charge in [0, 0.05) is 42.6 Å². The predicted molar refractivity (Wildman–Crippen MR) is 119 cm³/mol. The maximum atomic E-state index is 6.20. The average molecular weight is 420 g/mol. The van der Waals surface area contributed by atoms with E-state index in [9.17, 15) is 0 Å². The molecule has 0 radical (unpaired) electrons. The first-order valence-electron chi connectivity index (χ1n) is 10.1. The molecule has 0 saturated carbocycles. The van der Waals surface area contributed by atoms with Crippen LogP contribution in [0.2, 0.25) is 0 Å². The summed E-state index contributed by atoms with van der Waals surface area (Å²) in [5.74, 6) is 2.04. The topological polar surface area (TPSA) is 78.8 Å². The Hall–Kier alpha value is -2.96. The van der Waals surface area contributed by atoms with Crippen LogP contribution in [0, 0.1) is 0 Å². The van der Waals surface area contributed by atoms with E-state index in [2.05, 4.69) is 15.6 Å². The molecule has 0 aliphatic carbocycles. The number of pyridine rings is 2. The molecular formula is C23H22ClN5O. The van der Waals surface area contributed by atoms with Crippen molar-refractivity contribution in [1.82, 2.24) is 19.5 Å². The molecule has 0 amide bonds. The quantitative estimate of drug-likeness (QED) is 0.485. The Morgan fingerprint density at radius 1 is 1.03 bits per heavy atom. The maximum Gasteiger partial charge on any atom is 0.165 e. The number of rotatable bonds is 4. The monoisotopic (exact) mass is 419 g/mol. The first kappa shape index (κ1) is 19.0. The van der Waals surface area contributed by atoms with Crippen LogP contribution in [-0.2, 0) is 10.6 Å². The van der Waals surface area contributed by atoms with E-state index in [0.717, 1.165) is 65.6 Å². The van der Waals surface area contributed by atoms with Gasteiger partial charge in [0.05, 0.1) is 5.56 Å². The molecule has 4 aromatic rings. The Bertz CT molecular complexity index is 1180. The van der Waals surface area contributed by atoms with Gasteiger partial charge in [-0.2, -0.15) is 0 Å². The number of nitrogens with zero attached hydrogens (tertiary/aromatic N) is 4. The van der Waals surface area contributed by atoms with E-state index in [1.807, 2.05) is 42.5 Å². The number of halogens is 1. The summed E-state index contributed by atoms with van der Waals surface area (Å²) in [7, 11) is 0. The van der Waals surface area contributed by atoms with Gasteiger partial charge >= 0.3 is 0 Å². The van der Waals surface area contributed by atoms with Crippen molar-refractivity contribution in [1.29, 1.82) is 0 Å². The van der Waals surface area contributed by atoms with Crippen molar-refractivity contribution in [2.45, 2.75) is 24.6 Å². The molecule has 152 valence electrons. The Morgan fingerprint density at radius 3 is 2.57 bits per heavy atom. The van der Waals surface area contributed by atoms with E-state index in [-0.39, 0.29) is 0 Å². The van der Waals surface area contributed by atoms with Crippen molar-refractivity contribution in [2.75, 3.05) is 18.9 Å². The number of aromatic nitrogens is 4. The third-order valence-electron chi connectivity index (χ3n) is 5.59. The van der Waals surface area contributed by atoms with E-state index >= 15 is 0 Å². The molecule has 0 spiro atoms. The number of hydrogen-bond acceptors (Lipinski definition) is 5. The van der Waals surface area contributed by atoms with Gasteiger partial charge < -0.3 is 10.5 Å². The number of hydrogen-bond donors (Lipinski definition) is 1. The van der Waals surface area contributed by atoms with Gasteiger partial charge in [0.15, 0.2) is 11.5 Å². The average Bonchev–Trinajstić information content (AvgIpc) is 3.18. The normalized spacial score (nSPS) is 15.0. The third-order valence-corrected chi connectivity index (χ3v) is 5.90. The van der Waals surface area contributed by atoms with Crippen molar-refractivity contribution in [3.05, 3.63) is 66.0 Å². The molecule has 4 heterocycles. The second kappa shape index (κ2) is 8.05. The minimum Gasteiger partial charge on any atom is -0.383 e. The summed E-state index contributed by atoms with van der Waals surface area (Å²) >= 11 is 5.99. The van der Waals surface area contributed by atoms with E-state index in [1.165, 1.54) is 0 Å². The molecule has 30 heavy (non-hydrogen) atoms. The molecule has 3 aromatic heterocycles. The van der Waals surface area contributed by atoms with Crippen LogP contribution in [0.3, 0.4) is 0 Å². The number of fused-ring (bicyclic) bond motifs is 1. The highest BCUT2D eigenvalue weighted by Gasteiger charge is 2.21. The highest BCUT2D eigenvalue weighted by Crippen LogP contribution is 2.32. The van der Waals surface area contributed by atoms with Crippen LogP contribution in [-0.4, -0.2) is 32.7 Å². The second-order valence-corrected chi connectivity index (χ2v) is 7.74. The first-order chi connectivity index (χ1) is 14.7. The lowest BCUT2D eigenvalue weighted by molar-refractivity contribution is 0.0845. The molecular weight excluding hydrogens is 398 g/mol. The van der Waals surface area contributed by atoms with Crippen molar-refractivity contribution in [3.8, 4) is 17.1 Å². The summed E-state index contributed by atoms with van der Waals surface area (Å²) in [5, 5.41) is 0. The van der Waals surface area contributed by atoms with Crippen LogP contribution in [0.5, 0.6) is 0 Å². The van der Waals surface area contributed by atoms with Crippen molar-refractivity contribution >= 4 is 28.6 Å². The number of alkyl halides is 1. The molecule has 6 nitrogen and oxygen atoms in total. The number of imidazole rings is 1. The minimum atomic E-state index is 0.400. The van der Waals surface area contributed by atoms with Gasteiger partial charge in [0.1, 0.15) is 11.3 Å². The number of benzene rings is 1. The smallest absolute Gasteiger partial charge is 0.165 e. The van der Waals surface area contributed by atoms with Crippen LogP contribution in [0.1, 0.15) is 30.0 Å². The molecule has 1 aliphatic heterocycles. The van der Waals surface area contributed by atoms with Crippen LogP contribution < -0.4 is 5.73 Å². The van der Waals surface area contributed by atoms with Crippen LogP contribution in [0.4, 0.5) is 5.82 Å². The van der Waals surface area contributed by atoms with Gasteiger partial charge in [0.2, 0.25) is 0 Å². The van der Waals surface area contributed by atoms with E-state index < -0.39 is 0 Å². The Morgan fingerprint density at radius 2 is 1.83 bits per heavy atom. The van der Waals surface area contributed by atoms with Crippen molar-refractivity contribution in [2.24, 2.45) is 0 Å². The van der Waals surface area contributed by atoms with Crippen LogP contribution in [0.15, 0.2) is 54.7 Å². The lowest BCUT2D eigenvalue weighted by Gasteiger charge is -2.21. The van der Waals surface area contributed by atoms with Gasteiger partial charge in [-0.25, -0.2) is 15.0 Å². The van der Waals surface area contributed by atoms with Gasteiger partial charge in [-0.1, -0.05) is 12.1 Å². The van der Waals surface area contributed by atoms with Gasteiger partial charge in [-0.15, -0.1) is 11.6 Å². The zero-order valence-corrected chi connectivity index (χ0v) is 17.2. The fraction of sp³-hybridized carbons (Fsp3) is 0.261. The van der Waals surface area contributed by atoms with E-state index in [1.54, 1.807) is 6.20 Å². The lowest BCUT2D eigenvalue weighted by atomic mass is 9.96. The van der Waals surface area contributed by atoms with Crippen LogP contribution >= 0.6 is 11.6 Å². The molecule has 1 aromatic carbocycles. The summed E-state index contributed by atoms with van der Waals surface area (Å²) in [6, 6.07) is 16.1. The number of nitrogen functional groups attached to an aromatic ring is 1. The minimum absolute atomic E-state index is 0.400. The summed E-state index contributed by atoms with van der Waals surface area (Å²) in [6.07, 6.45) is 3.65. The molecule has 1 saturated heterocycles. The van der Waals surface area contributed by atoms with Gasteiger partial charge in [0.25, 0.3) is 0 Å². The van der Waals surface area contributed by atoms with E-state index in [4.69, 9.17) is 32.0 Å². The Balaban J connectivity index is 1.72. The number of nitrogens with two attached hydrogens (primary N) is 1. The zero-order valence-electron chi connectivity index (χ0n) is 16.5. The SMILES string of the molecule is Nc1ncccc1-c1nc2ccc(C3CCOCC3)nc2n1-c1ccc(CCl)cc1. The zero-order chi connectivity index (χ0) is 20.5. The number of ether oxygens (including phenoxy) is 1. The summed E-state index contributed by atoms with van der Waals surface area (Å²) in [5.41, 5.74) is 11.7. The van der Waals surface area contributed by atoms with E-state index in [0.29, 0.717) is 17.6 Å². The number of anilines is 1. The largest absolute Gasteiger partial charge is 0.383 e. The highest BCUT2D eigenvalue weighted by atomic mass is 35.5. The fourth-order valence-corrected chi connectivity index (χ4v) is 4.14. The molecule has 0 unspecified atom stereocenters. The fourth-order valence-electron chi connectivity index (χ4n) is 3.96. The van der Waals surface area contributed by atoms with Gasteiger partial charge in [-0.3, -0.25) is 4.57 Å². The summed E-state index contributed by atoms with van der Waals surface area (Å²) in [6.45, 7) is 1.56. The van der Waals surface area contributed by atoms with Crippen molar-refractivity contribution < 1.29 is 4.74 Å². The summed E-state index contributed by atoms with van der Waals surface area (Å²) in [4.78, 5) is 14.2. The third kappa shape index (κ3) is 3.42. The molecule has 5 rings (SSSR count). The lowest BCUT2D eigenvalue weighted by Crippen LogP contribution is -2.15. The molecule has 0 atom stereocenters. The van der Waals surface area contributed by atoms with Crippen molar-refractivity contribution in [3.63, 3.8) is 0 Å². The molecule has 7 heteroatoms. The highest BCUT2D eigenvalue weighted by molar-refractivity contribution is 6.17. The standard InChI is InChI=1S/C23H22ClN5O/c24-14-15-3-5-17(6-4-15)29-22(18-2-1-11-26-21(18)25)28-20-8-7-19(27-23(20)29)16-9-12-30-13-10-16/h1-8,11,16H,9-10,12-14H2,(H2,25,26). The molecule has 2 N–H and O–H groups in total.